The third-order valence-corrected chi connectivity index (χ3v) is 2.92. The zero-order valence-electron chi connectivity index (χ0n) is 10.1. The van der Waals surface area contributed by atoms with E-state index in [-0.39, 0.29) is 22.0 Å². The average molecular weight is 329 g/mol. The molecule has 3 N–H and O–H groups in total. The summed E-state index contributed by atoms with van der Waals surface area (Å²) in [6.45, 7) is 1.76. The Labute approximate surface area is 117 Å². The van der Waals surface area contributed by atoms with E-state index in [0.717, 1.165) is 0 Å². The van der Waals surface area contributed by atoms with Crippen LogP contribution in [0.5, 0.6) is 0 Å². The number of nitrogens with one attached hydrogen (secondary N) is 2. The lowest BCUT2D eigenvalue weighted by Crippen LogP contribution is -2.40. The maximum atomic E-state index is 11.8. The summed E-state index contributed by atoms with van der Waals surface area (Å²) in [5.74, 6) is -1.68. The van der Waals surface area contributed by atoms with Crippen molar-refractivity contribution in [2.45, 2.75) is 19.4 Å². The highest BCUT2D eigenvalue weighted by atomic mass is 79.9. The molecular weight excluding hydrogens is 316 g/mol. The number of amides is 1. The van der Waals surface area contributed by atoms with Gasteiger partial charge in [-0.1, -0.05) is 12.2 Å². The number of aromatic amines is 1. The fourth-order valence-corrected chi connectivity index (χ4v) is 1.68. The Hall–Kier alpha value is -1.89. The Balaban J connectivity index is 2.84. The second kappa shape index (κ2) is 6.89. The highest BCUT2D eigenvalue weighted by molar-refractivity contribution is 9.10. The summed E-state index contributed by atoms with van der Waals surface area (Å²) in [7, 11) is 0. The van der Waals surface area contributed by atoms with Gasteiger partial charge in [-0.2, -0.15) is 0 Å². The number of halogens is 1. The van der Waals surface area contributed by atoms with Gasteiger partial charge < -0.3 is 15.4 Å². The summed E-state index contributed by atoms with van der Waals surface area (Å²) in [5, 5.41) is 11.4. The van der Waals surface area contributed by atoms with E-state index in [1.807, 2.05) is 0 Å². The van der Waals surface area contributed by atoms with Crippen molar-refractivity contribution >= 4 is 27.8 Å². The first-order valence-corrected chi connectivity index (χ1v) is 6.28. The minimum absolute atomic E-state index is 0.179. The normalized spacial score (nSPS) is 12.3. The number of pyridine rings is 1. The maximum absolute atomic E-state index is 11.8. The molecule has 1 rings (SSSR count). The van der Waals surface area contributed by atoms with E-state index in [1.165, 1.54) is 12.3 Å². The van der Waals surface area contributed by atoms with Gasteiger partial charge in [0.2, 0.25) is 0 Å². The van der Waals surface area contributed by atoms with E-state index in [1.54, 1.807) is 19.1 Å². The summed E-state index contributed by atoms with van der Waals surface area (Å²) in [4.78, 5) is 36.3. The van der Waals surface area contributed by atoms with Crippen molar-refractivity contribution in [1.29, 1.82) is 0 Å². The topological polar surface area (TPSA) is 99.3 Å². The molecule has 0 aliphatic heterocycles. The molecule has 19 heavy (non-hydrogen) atoms. The van der Waals surface area contributed by atoms with Gasteiger partial charge in [-0.25, -0.2) is 4.79 Å². The Kier molecular flexibility index (Phi) is 5.50. The van der Waals surface area contributed by atoms with Crippen LogP contribution in [-0.2, 0) is 4.79 Å². The second-order valence-electron chi connectivity index (χ2n) is 3.73. The number of allylic oxidation sites excluding steroid dienone is 1. The largest absolute Gasteiger partial charge is 0.480 e. The molecule has 102 valence electrons. The van der Waals surface area contributed by atoms with Crippen LogP contribution in [0.25, 0.3) is 0 Å². The monoisotopic (exact) mass is 328 g/mol. The van der Waals surface area contributed by atoms with Crippen molar-refractivity contribution in [1.82, 2.24) is 10.3 Å². The van der Waals surface area contributed by atoms with Crippen molar-refractivity contribution < 1.29 is 14.7 Å². The molecule has 0 aromatic carbocycles. The molecule has 0 bridgehead atoms. The highest BCUT2D eigenvalue weighted by Gasteiger charge is 2.19. The summed E-state index contributed by atoms with van der Waals surface area (Å²) in [5.41, 5.74) is -0.182. The van der Waals surface area contributed by atoms with Gasteiger partial charge in [0, 0.05) is 6.20 Å². The lowest BCUT2D eigenvalue weighted by atomic mass is 10.1. The Morgan fingerprint density at radius 1 is 1.58 bits per heavy atom. The molecule has 0 spiro atoms. The van der Waals surface area contributed by atoms with Crippen molar-refractivity contribution in [2.24, 2.45) is 0 Å². The van der Waals surface area contributed by atoms with E-state index in [4.69, 9.17) is 5.11 Å². The van der Waals surface area contributed by atoms with Crippen LogP contribution >= 0.6 is 15.9 Å². The number of rotatable bonds is 5. The predicted molar refractivity (Wildman–Crippen MR) is 73.1 cm³/mol. The molecule has 6 nitrogen and oxygen atoms in total. The van der Waals surface area contributed by atoms with Crippen LogP contribution in [0.4, 0.5) is 0 Å². The number of hydrogen-bond acceptors (Lipinski definition) is 3. The average Bonchev–Trinajstić information content (AvgIpc) is 2.37. The number of carboxylic acids is 1. The third kappa shape index (κ3) is 4.36. The van der Waals surface area contributed by atoms with E-state index in [9.17, 15) is 14.4 Å². The fourth-order valence-electron chi connectivity index (χ4n) is 1.32. The molecule has 1 atom stereocenters. The fraction of sp³-hybridized carbons (Fsp3) is 0.250. The molecule has 1 heterocycles. The first kappa shape index (κ1) is 15.2. The minimum Gasteiger partial charge on any atom is -0.480 e. The number of aromatic nitrogens is 1. The summed E-state index contributed by atoms with van der Waals surface area (Å²) >= 11 is 3.00. The molecule has 7 heteroatoms. The number of carbonyl (C=O) groups excluding carboxylic acids is 1. The molecule has 1 amide bonds. The van der Waals surface area contributed by atoms with Gasteiger partial charge in [-0.3, -0.25) is 9.59 Å². The van der Waals surface area contributed by atoms with Gasteiger partial charge >= 0.3 is 5.97 Å². The number of carbonyl (C=O) groups is 2. The zero-order chi connectivity index (χ0) is 14.4. The summed E-state index contributed by atoms with van der Waals surface area (Å²) in [6.07, 6.45) is 4.79. The molecule has 0 saturated carbocycles. The van der Waals surface area contributed by atoms with Crippen LogP contribution in [0.3, 0.4) is 0 Å². The van der Waals surface area contributed by atoms with Crippen LogP contribution in [0.2, 0.25) is 0 Å². The third-order valence-electron chi connectivity index (χ3n) is 2.33. The van der Waals surface area contributed by atoms with Crippen LogP contribution in [0.15, 0.2) is 33.7 Å². The van der Waals surface area contributed by atoms with Crippen molar-refractivity contribution in [2.75, 3.05) is 0 Å². The molecule has 0 aliphatic carbocycles. The predicted octanol–water partition coefficient (Wildman–Crippen LogP) is 1.29. The zero-order valence-corrected chi connectivity index (χ0v) is 11.7. The van der Waals surface area contributed by atoms with E-state index in [2.05, 4.69) is 26.2 Å². The Bertz CT molecular complexity index is 565. The summed E-state index contributed by atoms with van der Waals surface area (Å²) in [6, 6.07) is 0.331. The van der Waals surface area contributed by atoms with Gasteiger partial charge in [0.15, 0.2) is 0 Å². The Morgan fingerprint density at radius 2 is 2.26 bits per heavy atom. The van der Waals surface area contributed by atoms with Crippen LogP contribution in [0, 0.1) is 0 Å². The molecular formula is C12H13BrN2O4. The number of aliphatic carboxylic acids is 1. The van der Waals surface area contributed by atoms with Gasteiger partial charge in [0.1, 0.15) is 6.04 Å². The molecule has 0 radical (unpaired) electrons. The second-order valence-corrected chi connectivity index (χ2v) is 4.59. The highest BCUT2D eigenvalue weighted by Crippen LogP contribution is 2.06. The smallest absolute Gasteiger partial charge is 0.326 e. The number of hydrogen-bond donors (Lipinski definition) is 3. The quantitative estimate of drug-likeness (QED) is 0.709. The standard InChI is InChI=1S/C12H13BrN2O4/c1-2-3-4-9(12(18)19)15-10(16)7-5-8(13)11(17)14-6-7/h2-3,5-6,9H,4H2,1H3,(H,14,17)(H,15,16)(H,18,19)/b3-2+. The van der Waals surface area contributed by atoms with Crippen LogP contribution < -0.4 is 10.9 Å². The molecule has 1 aromatic rings. The molecule has 1 unspecified atom stereocenters. The molecule has 0 aliphatic rings. The maximum Gasteiger partial charge on any atom is 0.326 e. The molecule has 1 aromatic heterocycles. The van der Waals surface area contributed by atoms with Crippen LogP contribution in [-0.4, -0.2) is 28.0 Å². The van der Waals surface area contributed by atoms with Gasteiger partial charge in [-0.05, 0) is 35.3 Å². The van der Waals surface area contributed by atoms with Gasteiger partial charge in [0.25, 0.3) is 11.5 Å². The van der Waals surface area contributed by atoms with Crippen molar-refractivity contribution in [3.8, 4) is 0 Å². The molecule has 0 fully saturated rings. The van der Waals surface area contributed by atoms with Crippen molar-refractivity contribution in [3.63, 3.8) is 0 Å². The van der Waals surface area contributed by atoms with Crippen molar-refractivity contribution in [3.05, 3.63) is 44.8 Å². The van der Waals surface area contributed by atoms with Crippen LogP contribution in [0.1, 0.15) is 23.7 Å². The van der Waals surface area contributed by atoms with E-state index >= 15 is 0 Å². The van der Waals surface area contributed by atoms with E-state index in [0.29, 0.717) is 0 Å². The minimum atomic E-state index is -1.12. The summed E-state index contributed by atoms with van der Waals surface area (Å²) < 4.78 is 0.209. The molecule has 0 saturated heterocycles. The first-order chi connectivity index (χ1) is 8.95. The number of carboxylic acid groups (broad SMARTS) is 1. The van der Waals surface area contributed by atoms with E-state index < -0.39 is 17.9 Å². The lowest BCUT2D eigenvalue weighted by molar-refractivity contribution is -0.139. The van der Waals surface area contributed by atoms with Gasteiger partial charge in [0.05, 0.1) is 10.0 Å². The SMILES string of the molecule is C/C=C/CC(NC(=O)c1c[nH]c(=O)c(Br)c1)C(=O)O. The first-order valence-electron chi connectivity index (χ1n) is 5.48. The Morgan fingerprint density at radius 3 is 2.79 bits per heavy atom. The lowest BCUT2D eigenvalue weighted by Gasteiger charge is -2.12. The van der Waals surface area contributed by atoms with Gasteiger partial charge in [-0.15, -0.1) is 0 Å². The number of H-pyrrole nitrogens is 1.